The van der Waals surface area contributed by atoms with E-state index in [4.69, 9.17) is 10.2 Å². The fraction of sp³-hybridized carbons (Fsp3) is 0.375. The van der Waals surface area contributed by atoms with Gasteiger partial charge in [-0.05, 0) is 37.6 Å². The van der Waals surface area contributed by atoms with Gasteiger partial charge in [0.2, 0.25) is 5.76 Å². The number of aromatic nitrogens is 2. The zero-order valence-corrected chi connectivity index (χ0v) is 25.5. The summed E-state index contributed by atoms with van der Waals surface area (Å²) < 4.78 is 104. The molecule has 1 aliphatic rings. The zero-order chi connectivity index (χ0) is 34.3. The Balaban J connectivity index is 1.52. The summed E-state index contributed by atoms with van der Waals surface area (Å²) in [6.45, 7) is 2.32. The van der Waals surface area contributed by atoms with Crippen molar-refractivity contribution >= 4 is 5.69 Å². The summed E-state index contributed by atoms with van der Waals surface area (Å²) in [5, 5.41) is 0. The minimum atomic E-state index is -4.92. The summed E-state index contributed by atoms with van der Waals surface area (Å²) in [4.78, 5) is 31.1. The molecular weight excluding hydrogens is 635 g/mol. The lowest BCUT2D eigenvalue weighted by molar-refractivity contribution is -0.154. The third-order valence-electron chi connectivity index (χ3n) is 8.28. The van der Waals surface area contributed by atoms with Crippen LogP contribution in [0.2, 0.25) is 0 Å². The average molecular weight is 668 g/mol. The van der Waals surface area contributed by atoms with E-state index < -0.39 is 58.9 Å². The second-order valence-electron chi connectivity index (χ2n) is 11.5. The molecule has 3 heterocycles. The summed E-state index contributed by atoms with van der Waals surface area (Å²) >= 11 is 0. The smallest absolute Gasteiger partial charge is 0.449 e. The molecule has 2 aromatic carbocycles. The maximum Gasteiger partial charge on any atom is 0.449 e. The molecule has 0 spiro atoms. The number of furan rings is 1. The molecular formula is C32H32F7N5O3. The lowest BCUT2D eigenvalue weighted by atomic mass is 10.1. The van der Waals surface area contributed by atoms with Crippen LogP contribution in [0.1, 0.15) is 45.5 Å². The summed E-state index contributed by atoms with van der Waals surface area (Å²) in [5.74, 6) is -2.14. The minimum Gasteiger partial charge on any atom is -0.456 e. The van der Waals surface area contributed by atoms with Crippen LogP contribution in [0, 0.1) is 19.7 Å². The first-order valence-electron chi connectivity index (χ1n) is 14.7. The molecule has 1 fully saturated rings. The Morgan fingerprint density at radius 1 is 0.851 bits per heavy atom. The Bertz CT molecular complexity index is 1850. The average Bonchev–Trinajstić information content (AvgIpc) is 3.39. The van der Waals surface area contributed by atoms with Gasteiger partial charge in [0.1, 0.15) is 17.3 Å². The summed E-state index contributed by atoms with van der Waals surface area (Å²) in [7, 11) is 0. The third-order valence-corrected chi connectivity index (χ3v) is 8.28. The highest BCUT2D eigenvalue weighted by Gasteiger charge is 2.39. The van der Waals surface area contributed by atoms with Crippen LogP contribution in [0.4, 0.5) is 36.4 Å². The van der Waals surface area contributed by atoms with Crippen molar-refractivity contribution in [2.24, 2.45) is 5.73 Å². The van der Waals surface area contributed by atoms with Gasteiger partial charge in [0.15, 0.2) is 0 Å². The number of nitrogens with zero attached hydrogens (tertiary/aromatic N) is 4. The number of aryl methyl sites for hydroxylation is 1. The van der Waals surface area contributed by atoms with Crippen molar-refractivity contribution in [1.82, 2.24) is 14.0 Å². The molecule has 4 aromatic rings. The van der Waals surface area contributed by atoms with Crippen molar-refractivity contribution in [3.05, 3.63) is 121 Å². The van der Waals surface area contributed by atoms with Gasteiger partial charge in [-0.25, -0.2) is 9.18 Å². The molecule has 1 saturated heterocycles. The molecule has 0 amide bonds. The summed E-state index contributed by atoms with van der Waals surface area (Å²) in [6.07, 6.45) is -9.59. The Morgan fingerprint density at radius 3 is 2.13 bits per heavy atom. The standard InChI is InChI=1S/C32H32F7N5O3/c1-19-15-22(28(47-19)32(37,38)39)16-41-11-13-42(14-12-41)27-20(2)43(17-23-24(31(34,35)36)9-6-10-25(23)33)30(46)44(29(27)45)18-26(40)21-7-4-3-5-8-21/h3-10,15,26H,11-14,16-18,40H2,1-2H3. The fourth-order valence-corrected chi connectivity index (χ4v) is 5.94. The molecule has 1 atom stereocenters. The van der Waals surface area contributed by atoms with E-state index in [9.17, 15) is 40.3 Å². The molecule has 2 N–H and O–H groups in total. The number of nitrogens with two attached hydrogens (primary N) is 1. The summed E-state index contributed by atoms with van der Waals surface area (Å²) in [5.41, 5.74) is 3.20. The van der Waals surface area contributed by atoms with Gasteiger partial charge in [-0.3, -0.25) is 18.8 Å². The molecule has 252 valence electrons. The number of piperazine rings is 1. The van der Waals surface area contributed by atoms with E-state index in [-0.39, 0.29) is 62.0 Å². The van der Waals surface area contributed by atoms with Crippen LogP contribution in [0.15, 0.2) is 68.6 Å². The van der Waals surface area contributed by atoms with Gasteiger partial charge in [-0.2, -0.15) is 26.3 Å². The van der Waals surface area contributed by atoms with Crippen LogP contribution < -0.4 is 21.9 Å². The number of rotatable bonds is 8. The molecule has 5 rings (SSSR count). The first-order chi connectivity index (χ1) is 22.1. The first-order valence-corrected chi connectivity index (χ1v) is 14.7. The molecule has 0 radical (unpaired) electrons. The molecule has 0 saturated carbocycles. The maximum absolute atomic E-state index is 14.9. The van der Waals surface area contributed by atoms with Crippen molar-refractivity contribution in [2.45, 2.75) is 51.9 Å². The predicted octanol–water partition coefficient (Wildman–Crippen LogP) is 5.47. The SMILES string of the molecule is Cc1cc(CN2CCN(c3c(C)n(Cc4c(F)cccc4C(F)(F)F)c(=O)n(CC(N)c4ccccc4)c3=O)CC2)c(C(F)(F)F)o1. The van der Waals surface area contributed by atoms with Crippen molar-refractivity contribution in [2.75, 3.05) is 31.1 Å². The molecule has 47 heavy (non-hydrogen) atoms. The molecule has 1 unspecified atom stereocenters. The third kappa shape index (κ3) is 7.15. The van der Waals surface area contributed by atoms with Crippen molar-refractivity contribution in [3.63, 3.8) is 0 Å². The van der Waals surface area contributed by atoms with Crippen molar-refractivity contribution < 1.29 is 35.2 Å². The van der Waals surface area contributed by atoms with Gasteiger partial charge in [0.25, 0.3) is 5.56 Å². The normalized spacial score (nSPS) is 15.3. The highest BCUT2D eigenvalue weighted by atomic mass is 19.4. The molecule has 0 aliphatic carbocycles. The van der Waals surface area contributed by atoms with Gasteiger partial charge >= 0.3 is 18.0 Å². The molecule has 1 aliphatic heterocycles. The van der Waals surface area contributed by atoms with E-state index in [1.54, 1.807) is 40.1 Å². The molecule has 2 aromatic heterocycles. The topological polar surface area (TPSA) is 89.6 Å². The Kier molecular flexibility index (Phi) is 9.42. The molecule has 0 bridgehead atoms. The zero-order valence-electron chi connectivity index (χ0n) is 25.5. The predicted molar refractivity (Wildman–Crippen MR) is 160 cm³/mol. The van der Waals surface area contributed by atoms with Gasteiger partial charge < -0.3 is 15.1 Å². The van der Waals surface area contributed by atoms with Crippen molar-refractivity contribution in [1.29, 1.82) is 0 Å². The van der Waals surface area contributed by atoms with Crippen LogP contribution in [0.3, 0.4) is 0 Å². The van der Waals surface area contributed by atoms with E-state index in [2.05, 4.69) is 0 Å². The van der Waals surface area contributed by atoms with E-state index >= 15 is 0 Å². The number of hydrogen-bond donors (Lipinski definition) is 1. The van der Waals surface area contributed by atoms with Crippen LogP contribution >= 0.6 is 0 Å². The monoisotopic (exact) mass is 667 g/mol. The van der Waals surface area contributed by atoms with Gasteiger partial charge in [0.05, 0.1) is 18.7 Å². The van der Waals surface area contributed by atoms with E-state index in [0.717, 1.165) is 21.3 Å². The van der Waals surface area contributed by atoms with Crippen LogP contribution in [0.25, 0.3) is 0 Å². The van der Waals surface area contributed by atoms with E-state index in [0.29, 0.717) is 11.6 Å². The second-order valence-corrected chi connectivity index (χ2v) is 11.5. The van der Waals surface area contributed by atoms with Gasteiger partial charge in [-0.1, -0.05) is 36.4 Å². The highest BCUT2D eigenvalue weighted by Crippen LogP contribution is 2.35. The Morgan fingerprint density at radius 2 is 1.51 bits per heavy atom. The quantitative estimate of drug-likeness (QED) is 0.251. The van der Waals surface area contributed by atoms with Crippen molar-refractivity contribution in [3.8, 4) is 0 Å². The minimum absolute atomic E-state index is 0.00421. The molecule has 8 nitrogen and oxygen atoms in total. The number of anilines is 1. The van der Waals surface area contributed by atoms with E-state index in [1.165, 1.54) is 19.9 Å². The van der Waals surface area contributed by atoms with Crippen LogP contribution in [-0.4, -0.2) is 40.2 Å². The lowest BCUT2D eigenvalue weighted by Gasteiger charge is -2.37. The van der Waals surface area contributed by atoms with Crippen LogP contribution in [-0.2, 0) is 32.0 Å². The lowest BCUT2D eigenvalue weighted by Crippen LogP contribution is -2.51. The summed E-state index contributed by atoms with van der Waals surface area (Å²) in [6, 6.07) is 11.6. The number of hydrogen-bond acceptors (Lipinski definition) is 6. The molecule has 15 heteroatoms. The second kappa shape index (κ2) is 13.0. The Labute approximate surface area is 264 Å². The maximum atomic E-state index is 14.9. The largest absolute Gasteiger partial charge is 0.456 e. The first kappa shape index (κ1) is 34.0. The number of alkyl halides is 6. The fourth-order valence-electron chi connectivity index (χ4n) is 5.94. The number of benzene rings is 2. The van der Waals surface area contributed by atoms with Gasteiger partial charge in [-0.15, -0.1) is 0 Å². The van der Waals surface area contributed by atoms with E-state index in [1.807, 2.05) is 0 Å². The van der Waals surface area contributed by atoms with Gasteiger partial charge in [0, 0.05) is 55.6 Å². The highest BCUT2D eigenvalue weighted by molar-refractivity contribution is 5.50. The van der Waals surface area contributed by atoms with Crippen LogP contribution in [0.5, 0.6) is 0 Å². The number of halogens is 7. The Hall–Kier alpha value is -4.37.